The van der Waals surface area contributed by atoms with Crippen LogP contribution in [0.3, 0.4) is 0 Å². The van der Waals surface area contributed by atoms with Crippen molar-refractivity contribution in [2.45, 2.75) is 24.9 Å². The van der Waals surface area contributed by atoms with Gasteiger partial charge in [-0.15, -0.1) is 0 Å². The van der Waals surface area contributed by atoms with Gasteiger partial charge >= 0.3 is 0 Å². The van der Waals surface area contributed by atoms with Gasteiger partial charge in [0.15, 0.2) is 0 Å². The molecule has 2 heteroatoms. The first-order valence-electron chi connectivity index (χ1n) is 4.78. The molecule has 0 aliphatic carbocycles. The highest BCUT2D eigenvalue weighted by molar-refractivity contribution is 5.31. The molecular weight excluding hydrogens is 172 g/mol. The zero-order chi connectivity index (χ0) is 9.64. The summed E-state index contributed by atoms with van der Waals surface area (Å²) in [6.45, 7) is 0. The van der Waals surface area contributed by atoms with E-state index in [2.05, 4.69) is 46.5 Å². The van der Waals surface area contributed by atoms with Crippen LogP contribution in [0.15, 0.2) is 24.6 Å². The summed E-state index contributed by atoms with van der Waals surface area (Å²) in [6.07, 6.45) is 10.0. The summed E-state index contributed by atoms with van der Waals surface area (Å²) in [5.74, 6) is 11.9. The molecule has 0 aromatic carbocycles. The van der Waals surface area contributed by atoms with Crippen molar-refractivity contribution >= 4 is 0 Å². The van der Waals surface area contributed by atoms with Crippen LogP contribution < -0.4 is 10.6 Å². The minimum atomic E-state index is 0.263. The van der Waals surface area contributed by atoms with Gasteiger partial charge in [0.25, 0.3) is 0 Å². The van der Waals surface area contributed by atoms with E-state index < -0.39 is 0 Å². The van der Waals surface area contributed by atoms with Gasteiger partial charge in [0.2, 0.25) is 0 Å². The van der Waals surface area contributed by atoms with Gasteiger partial charge in [-0.1, -0.05) is 24.0 Å². The maximum absolute atomic E-state index is 3.14. The molecule has 2 atom stereocenters. The molecule has 2 unspecified atom stereocenters. The van der Waals surface area contributed by atoms with E-state index in [1.807, 2.05) is 12.4 Å². The molecule has 70 valence electrons. The van der Waals surface area contributed by atoms with E-state index in [0.717, 1.165) is 12.8 Å². The zero-order valence-corrected chi connectivity index (χ0v) is 7.88. The summed E-state index contributed by atoms with van der Waals surface area (Å²) < 4.78 is 0. The fourth-order valence-electron chi connectivity index (χ4n) is 1.36. The van der Waals surface area contributed by atoms with Crippen LogP contribution in [0.25, 0.3) is 0 Å². The zero-order valence-electron chi connectivity index (χ0n) is 7.88. The Balaban J connectivity index is 1.79. The van der Waals surface area contributed by atoms with Gasteiger partial charge < -0.3 is 10.6 Å². The van der Waals surface area contributed by atoms with Crippen LogP contribution in [0.2, 0.25) is 0 Å². The van der Waals surface area contributed by atoms with Crippen molar-refractivity contribution in [3.63, 3.8) is 0 Å². The topological polar surface area (TPSA) is 24.1 Å². The molecule has 0 spiro atoms. The average molecular weight is 184 g/mol. The predicted octanol–water partition coefficient (Wildman–Crippen LogP) is 0.744. The van der Waals surface area contributed by atoms with Crippen molar-refractivity contribution in [3.8, 4) is 23.7 Å². The summed E-state index contributed by atoms with van der Waals surface area (Å²) in [5.41, 5.74) is 0. The van der Waals surface area contributed by atoms with E-state index in [4.69, 9.17) is 0 Å². The highest BCUT2D eigenvalue weighted by Gasteiger charge is 2.04. The molecule has 2 nitrogen and oxygen atoms in total. The number of rotatable bonds is 0. The Morgan fingerprint density at radius 3 is 1.71 bits per heavy atom. The van der Waals surface area contributed by atoms with E-state index in [-0.39, 0.29) is 12.1 Å². The summed E-state index contributed by atoms with van der Waals surface area (Å²) in [4.78, 5) is 0. The van der Waals surface area contributed by atoms with Crippen molar-refractivity contribution in [2.24, 2.45) is 0 Å². The van der Waals surface area contributed by atoms with Crippen LogP contribution in [-0.4, -0.2) is 12.1 Å². The molecule has 2 N–H and O–H groups in total. The van der Waals surface area contributed by atoms with Gasteiger partial charge in [-0.25, -0.2) is 0 Å². The van der Waals surface area contributed by atoms with Gasteiger partial charge in [-0.2, -0.15) is 0 Å². The summed E-state index contributed by atoms with van der Waals surface area (Å²) >= 11 is 0. The summed E-state index contributed by atoms with van der Waals surface area (Å²) in [5, 5.41) is 6.27. The molecule has 0 saturated carbocycles. The van der Waals surface area contributed by atoms with Gasteiger partial charge in [-0.05, 0) is 37.1 Å². The Kier molecular flexibility index (Phi) is 2.79. The third kappa shape index (κ3) is 2.34. The largest absolute Gasteiger partial charge is 0.378 e. The lowest BCUT2D eigenvalue weighted by Gasteiger charge is -1.98. The maximum atomic E-state index is 3.14. The first-order chi connectivity index (χ1) is 6.95. The average Bonchev–Trinajstić information content (AvgIpc) is 2.86. The highest BCUT2D eigenvalue weighted by Crippen LogP contribution is 1.99. The number of hydrogen-bond donors (Lipinski definition) is 2. The minimum Gasteiger partial charge on any atom is -0.378 e. The molecule has 0 aromatic rings. The molecule has 0 saturated heterocycles. The molecule has 0 aromatic heterocycles. The van der Waals surface area contributed by atoms with E-state index in [9.17, 15) is 0 Å². The Bertz CT molecular complexity index is 317. The normalized spacial score (nSPS) is 26.9. The first-order valence-corrected chi connectivity index (χ1v) is 4.78. The highest BCUT2D eigenvalue weighted by atomic mass is 14.9. The van der Waals surface area contributed by atoms with Crippen LogP contribution in [0.5, 0.6) is 0 Å². The fourth-order valence-corrected chi connectivity index (χ4v) is 1.36. The third-order valence-electron chi connectivity index (χ3n) is 2.13. The lowest BCUT2D eigenvalue weighted by molar-refractivity contribution is 0.781. The predicted molar refractivity (Wildman–Crippen MR) is 56.9 cm³/mol. The smallest absolute Gasteiger partial charge is 0.0918 e. The van der Waals surface area contributed by atoms with E-state index in [1.165, 1.54) is 0 Å². The second-order valence-corrected chi connectivity index (χ2v) is 3.25. The number of hydrogen-bond acceptors (Lipinski definition) is 2. The van der Waals surface area contributed by atoms with Crippen molar-refractivity contribution in [3.05, 3.63) is 24.6 Å². The first kappa shape index (κ1) is 8.78. The lowest BCUT2D eigenvalue weighted by atomic mass is 10.2. The summed E-state index contributed by atoms with van der Waals surface area (Å²) in [6, 6.07) is 0.526. The lowest BCUT2D eigenvalue weighted by Crippen LogP contribution is -2.16. The Morgan fingerprint density at radius 1 is 0.857 bits per heavy atom. The van der Waals surface area contributed by atoms with Crippen molar-refractivity contribution < 1.29 is 0 Å². The standard InChI is InChI=1S/C12H12N2/c1(5-11-7-3-9-13-11)2-6-12-8-4-10-14-12/h3-4,9-14H,7-8H2. The van der Waals surface area contributed by atoms with Crippen LogP contribution >= 0.6 is 0 Å². The van der Waals surface area contributed by atoms with E-state index in [1.54, 1.807) is 0 Å². The number of nitrogens with one attached hydrogen (secondary N) is 2. The monoisotopic (exact) mass is 184 g/mol. The van der Waals surface area contributed by atoms with Crippen molar-refractivity contribution in [2.75, 3.05) is 0 Å². The Hall–Kier alpha value is -1.80. The van der Waals surface area contributed by atoms with Gasteiger partial charge in [0, 0.05) is 0 Å². The third-order valence-corrected chi connectivity index (χ3v) is 2.13. The van der Waals surface area contributed by atoms with Crippen LogP contribution in [-0.2, 0) is 0 Å². The Labute approximate surface area is 84.5 Å². The van der Waals surface area contributed by atoms with Crippen LogP contribution in [0.1, 0.15) is 12.8 Å². The molecule has 14 heavy (non-hydrogen) atoms. The van der Waals surface area contributed by atoms with Crippen molar-refractivity contribution in [1.82, 2.24) is 10.6 Å². The molecule has 2 aliphatic heterocycles. The van der Waals surface area contributed by atoms with Crippen molar-refractivity contribution in [1.29, 1.82) is 0 Å². The SMILES string of the molecule is C(C#CC1CC=CN1)#CC1CC=CN1. The molecule has 2 aliphatic rings. The second kappa shape index (κ2) is 4.44. The van der Waals surface area contributed by atoms with Crippen LogP contribution in [0, 0.1) is 23.7 Å². The molecule has 2 heterocycles. The molecule has 0 radical (unpaired) electrons. The molecule has 0 fully saturated rings. The van der Waals surface area contributed by atoms with Gasteiger partial charge in [0.05, 0.1) is 12.1 Å². The van der Waals surface area contributed by atoms with E-state index in [0.29, 0.717) is 0 Å². The fraction of sp³-hybridized carbons (Fsp3) is 0.333. The molecular formula is C12H12N2. The quantitative estimate of drug-likeness (QED) is 0.543. The molecule has 0 bridgehead atoms. The summed E-state index contributed by atoms with van der Waals surface area (Å²) in [7, 11) is 0. The van der Waals surface area contributed by atoms with Gasteiger partial charge in [0.1, 0.15) is 0 Å². The minimum absolute atomic E-state index is 0.263. The van der Waals surface area contributed by atoms with Crippen LogP contribution in [0.4, 0.5) is 0 Å². The Morgan fingerprint density at radius 2 is 1.36 bits per heavy atom. The molecule has 2 rings (SSSR count). The maximum Gasteiger partial charge on any atom is 0.0918 e. The van der Waals surface area contributed by atoms with Gasteiger partial charge in [-0.3, -0.25) is 0 Å². The molecule has 0 amide bonds. The second-order valence-electron chi connectivity index (χ2n) is 3.25. The van der Waals surface area contributed by atoms with E-state index >= 15 is 0 Å².